The molecule has 0 unspecified atom stereocenters. The summed E-state index contributed by atoms with van der Waals surface area (Å²) < 4.78 is 13.5. The minimum atomic E-state index is -0.469. The molecule has 0 aliphatic carbocycles. The summed E-state index contributed by atoms with van der Waals surface area (Å²) in [6, 6.07) is 10.3. The molecule has 3 aromatic rings. The van der Waals surface area contributed by atoms with Crippen LogP contribution in [0.3, 0.4) is 0 Å². The van der Waals surface area contributed by atoms with Crippen molar-refractivity contribution in [1.82, 2.24) is 9.88 Å². The molecule has 32 heavy (non-hydrogen) atoms. The zero-order chi connectivity index (χ0) is 22.5. The SMILES string of the molecule is Cc1cc2ccnc(Nc3ccc(F)c(Cl)c3)c2cc1NC(=O)CCCN1CCCCC1. The van der Waals surface area contributed by atoms with Gasteiger partial charge in [0.2, 0.25) is 5.91 Å². The maximum absolute atomic E-state index is 13.5. The minimum Gasteiger partial charge on any atom is -0.340 e. The number of likely N-dealkylation sites (tertiary alicyclic amines) is 1. The molecule has 0 bridgehead atoms. The number of anilines is 3. The van der Waals surface area contributed by atoms with E-state index in [0.717, 1.165) is 48.1 Å². The van der Waals surface area contributed by atoms with E-state index in [1.54, 1.807) is 12.3 Å². The van der Waals surface area contributed by atoms with E-state index in [1.165, 1.54) is 31.4 Å². The summed E-state index contributed by atoms with van der Waals surface area (Å²) in [5.41, 5.74) is 2.40. The third kappa shape index (κ3) is 5.56. The van der Waals surface area contributed by atoms with E-state index in [4.69, 9.17) is 11.6 Å². The van der Waals surface area contributed by atoms with Crippen LogP contribution < -0.4 is 10.6 Å². The number of amides is 1. The summed E-state index contributed by atoms with van der Waals surface area (Å²) >= 11 is 5.91. The van der Waals surface area contributed by atoms with Crippen LogP contribution in [-0.4, -0.2) is 35.4 Å². The number of halogens is 2. The number of carbonyl (C=O) groups is 1. The lowest BCUT2D eigenvalue weighted by Gasteiger charge is -2.26. The van der Waals surface area contributed by atoms with Crippen molar-refractivity contribution in [3.63, 3.8) is 0 Å². The molecule has 0 saturated carbocycles. The van der Waals surface area contributed by atoms with Crippen LogP contribution in [-0.2, 0) is 4.79 Å². The van der Waals surface area contributed by atoms with Gasteiger partial charge in [-0.1, -0.05) is 18.0 Å². The molecule has 1 saturated heterocycles. The van der Waals surface area contributed by atoms with Crippen molar-refractivity contribution >= 4 is 45.5 Å². The van der Waals surface area contributed by atoms with Crippen LogP contribution in [0.1, 0.15) is 37.7 Å². The summed E-state index contributed by atoms with van der Waals surface area (Å²) in [5.74, 6) is 0.169. The highest BCUT2D eigenvalue weighted by Crippen LogP contribution is 2.30. The zero-order valence-electron chi connectivity index (χ0n) is 18.3. The van der Waals surface area contributed by atoms with Gasteiger partial charge in [0.25, 0.3) is 0 Å². The molecule has 5 nitrogen and oxygen atoms in total. The first kappa shape index (κ1) is 22.5. The van der Waals surface area contributed by atoms with E-state index < -0.39 is 5.82 Å². The third-order valence-corrected chi connectivity index (χ3v) is 6.18. The molecule has 1 aromatic heterocycles. The predicted molar refractivity (Wildman–Crippen MR) is 129 cm³/mol. The van der Waals surface area contributed by atoms with E-state index in [-0.39, 0.29) is 10.9 Å². The summed E-state index contributed by atoms with van der Waals surface area (Å²) in [6.07, 6.45) is 6.92. The average Bonchev–Trinajstić information content (AvgIpc) is 2.78. The lowest BCUT2D eigenvalue weighted by Crippen LogP contribution is -2.31. The van der Waals surface area contributed by atoms with E-state index >= 15 is 0 Å². The van der Waals surface area contributed by atoms with Crippen LogP contribution in [0.25, 0.3) is 10.8 Å². The summed E-state index contributed by atoms with van der Waals surface area (Å²) in [4.78, 5) is 19.5. The molecule has 1 fully saturated rings. The Bertz CT molecular complexity index is 1110. The lowest BCUT2D eigenvalue weighted by molar-refractivity contribution is -0.116. The molecule has 2 N–H and O–H groups in total. The van der Waals surface area contributed by atoms with Gasteiger partial charge in [0.15, 0.2) is 0 Å². The van der Waals surface area contributed by atoms with Crippen LogP contribution >= 0.6 is 11.6 Å². The van der Waals surface area contributed by atoms with Gasteiger partial charge in [-0.2, -0.15) is 0 Å². The number of hydrogen-bond acceptors (Lipinski definition) is 4. The fourth-order valence-corrected chi connectivity index (χ4v) is 4.32. The maximum atomic E-state index is 13.5. The van der Waals surface area contributed by atoms with Crippen LogP contribution in [0.4, 0.5) is 21.6 Å². The van der Waals surface area contributed by atoms with Gasteiger partial charge in [-0.15, -0.1) is 0 Å². The number of hydrogen-bond donors (Lipinski definition) is 2. The number of nitrogens with one attached hydrogen (secondary N) is 2. The molecule has 2 aromatic carbocycles. The van der Waals surface area contributed by atoms with Gasteiger partial charge in [-0.05, 0) is 93.2 Å². The number of nitrogens with zero attached hydrogens (tertiary/aromatic N) is 2. The van der Waals surface area contributed by atoms with Crippen LogP contribution in [0.5, 0.6) is 0 Å². The molecule has 4 rings (SSSR count). The number of aromatic nitrogens is 1. The fourth-order valence-electron chi connectivity index (χ4n) is 4.14. The molecule has 168 valence electrons. The molecular formula is C25H28ClFN4O. The number of fused-ring (bicyclic) bond motifs is 1. The minimum absolute atomic E-state index is 0.0215. The van der Waals surface area contributed by atoms with Gasteiger partial charge in [0.05, 0.1) is 5.02 Å². The first-order valence-corrected chi connectivity index (χ1v) is 11.5. The number of carbonyl (C=O) groups excluding carboxylic acids is 1. The first-order valence-electron chi connectivity index (χ1n) is 11.1. The second-order valence-corrected chi connectivity index (χ2v) is 8.76. The van der Waals surface area contributed by atoms with Crippen molar-refractivity contribution in [3.8, 4) is 0 Å². The van der Waals surface area contributed by atoms with Crippen molar-refractivity contribution in [1.29, 1.82) is 0 Å². The highest BCUT2D eigenvalue weighted by Gasteiger charge is 2.13. The fraction of sp³-hybridized carbons (Fsp3) is 0.360. The molecule has 7 heteroatoms. The molecule has 0 atom stereocenters. The molecule has 0 radical (unpaired) electrons. The molecule has 2 heterocycles. The summed E-state index contributed by atoms with van der Waals surface area (Å²) in [7, 11) is 0. The maximum Gasteiger partial charge on any atom is 0.224 e. The molecular weight excluding hydrogens is 427 g/mol. The Balaban J connectivity index is 1.47. The van der Waals surface area contributed by atoms with E-state index in [0.29, 0.717) is 17.9 Å². The smallest absolute Gasteiger partial charge is 0.224 e. The molecule has 0 spiro atoms. The van der Waals surface area contributed by atoms with Gasteiger partial charge < -0.3 is 15.5 Å². The molecule has 1 aliphatic rings. The number of rotatable bonds is 7. The lowest BCUT2D eigenvalue weighted by atomic mass is 10.1. The van der Waals surface area contributed by atoms with Crippen molar-refractivity contribution in [2.45, 2.75) is 39.0 Å². The monoisotopic (exact) mass is 454 g/mol. The zero-order valence-corrected chi connectivity index (χ0v) is 19.0. The van der Waals surface area contributed by atoms with Gasteiger partial charge >= 0.3 is 0 Å². The van der Waals surface area contributed by atoms with Gasteiger partial charge in [0.1, 0.15) is 11.6 Å². The average molecular weight is 455 g/mol. The normalized spacial score (nSPS) is 14.5. The Morgan fingerprint density at radius 2 is 1.97 bits per heavy atom. The topological polar surface area (TPSA) is 57.3 Å². The highest BCUT2D eigenvalue weighted by atomic mass is 35.5. The predicted octanol–water partition coefficient (Wildman–Crippen LogP) is 6.28. The van der Waals surface area contributed by atoms with E-state index in [1.807, 2.05) is 25.1 Å². The molecule has 1 amide bonds. The van der Waals surface area contributed by atoms with E-state index in [9.17, 15) is 9.18 Å². The molecule has 1 aliphatic heterocycles. The number of piperidine rings is 1. The highest BCUT2D eigenvalue weighted by molar-refractivity contribution is 6.31. The largest absolute Gasteiger partial charge is 0.340 e. The van der Waals surface area contributed by atoms with Crippen LogP contribution in [0.2, 0.25) is 5.02 Å². The summed E-state index contributed by atoms with van der Waals surface area (Å²) in [5, 5.41) is 8.17. The van der Waals surface area contributed by atoms with Crippen LogP contribution in [0.15, 0.2) is 42.6 Å². The van der Waals surface area contributed by atoms with Gasteiger partial charge in [0, 0.05) is 29.4 Å². The number of benzene rings is 2. The number of pyridine rings is 1. The Hall–Kier alpha value is -2.70. The summed E-state index contributed by atoms with van der Waals surface area (Å²) in [6.45, 7) is 5.25. The standard InChI is InChI=1S/C25H28ClFN4O/c1-17-14-18-9-10-28-25(29-19-7-8-22(27)21(26)15-19)20(18)16-23(17)30-24(32)6-5-13-31-11-3-2-4-12-31/h7-10,14-16H,2-6,11-13H2,1H3,(H,28,29)(H,30,32). The quantitative estimate of drug-likeness (QED) is 0.440. The van der Waals surface area contributed by atoms with Gasteiger partial charge in [-0.25, -0.2) is 9.37 Å². The second kappa shape index (κ2) is 10.3. The Kier molecular flexibility index (Phi) is 7.22. The Morgan fingerprint density at radius 3 is 2.75 bits per heavy atom. The Labute approximate surface area is 193 Å². The number of aryl methyl sites for hydroxylation is 1. The van der Waals surface area contributed by atoms with Crippen molar-refractivity contribution in [2.75, 3.05) is 30.3 Å². The van der Waals surface area contributed by atoms with Gasteiger partial charge in [-0.3, -0.25) is 4.79 Å². The Morgan fingerprint density at radius 1 is 1.16 bits per heavy atom. The van der Waals surface area contributed by atoms with E-state index in [2.05, 4.69) is 20.5 Å². The first-order chi connectivity index (χ1) is 15.5. The van der Waals surface area contributed by atoms with Crippen molar-refractivity contribution < 1.29 is 9.18 Å². The van der Waals surface area contributed by atoms with Crippen molar-refractivity contribution in [3.05, 3.63) is 59.0 Å². The second-order valence-electron chi connectivity index (χ2n) is 8.36. The third-order valence-electron chi connectivity index (χ3n) is 5.89. The van der Waals surface area contributed by atoms with Crippen molar-refractivity contribution in [2.24, 2.45) is 0 Å². The van der Waals surface area contributed by atoms with Crippen LogP contribution in [0, 0.1) is 12.7 Å².